The molecule has 0 aromatic carbocycles. The highest BCUT2D eigenvalue weighted by Gasteiger charge is 2.25. The highest BCUT2D eigenvalue weighted by atomic mass is 16.5. The molecule has 1 aliphatic heterocycles. The van der Waals surface area contributed by atoms with E-state index in [0.29, 0.717) is 19.6 Å². The first-order valence-corrected chi connectivity index (χ1v) is 8.91. The third-order valence-electron chi connectivity index (χ3n) is 4.71. The van der Waals surface area contributed by atoms with Crippen LogP contribution in [-0.2, 0) is 22.6 Å². The molecule has 2 aromatic heterocycles. The van der Waals surface area contributed by atoms with Gasteiger partial charge in [-0.3, -0.25) is 9.78 Å². The number of ether oxygens (including phenoxy) is 1. The quantitative estimate of drug-likeness (QED) is 0.879. The number of pyridine rings is 1. The molecular formula is C19H25N5O2. The van der Waals surface area contributed by atoms with Crippen LogP contribution >= 0.6 is 0 Å². The summed E-state index contributed by atoms with van der Waals surface area (Å²) < 4.78 is 5.99. The van der Waals surface area contributed by atoms with Gasteiger partial charge in [-0.05, 0) is 38.3 Å². The van der Waals surface area contributed by atoms with Crippen LogP contribution in [0.4, 0.5) is 5.95 Å². The van der Waals surface area contributed by atoms with Crippen LogP contribution < -0.4 is 5.73 Å². The number of nitrogens with zero attached hydrogens (tertiary/aromatic N) is 4. The molecule has 26 heavy (non-hydrogen) atoms. The normalized spacial score (nSPS) is 17.3. The van der Waals surface area contributed by atoms with Gasteiger partial charge in [-0.25, -0.2) is 9.97 Å². The molecule has 0 aliphatic carbocycles. The summed E-state index contributed by atoms with van der Waals surface area (Å²) in [5.74, 6) is 0.331. The first kappa shape index (κ1) is 18.3. The number of hydrogen-bond acceptors (Lipinski definition) is 6. The Morgan fingerprint density at radius 1 is 1.35 bits per heavy atom. The van der Waals surface area contributed by atoms with Crippen LogP contribution in [0.1, 0.15) is 35.4 Å². The van der Waals surface area contributed by atoms with E-state index in [1.54, 1.807) is 12.4 Å². The average molecular weight is 355 g/mol. The Morgan fingerprint density at radius 3 is 2.81 bits per heavy atom. The molecule has 2 N–H and O–H groups in total. The van der Waals surface area contributed by atoms with Crippen LogP contribution in [0.2, 0.25) is 0 Å². The zero-order chi connectivity index (χ0) is 18.5. The number of hydrogen-bond donors (Lipinski definition) is 1. The molecule has 0 spiro atoms. The molecule has 0 radical (unpaired) electrons. The molecule has 0 saturated carbocycles. The van der Waals surface area contributed by atoms with Gasteiger partial charge in [0.15, 0.2) is 0 Å². The van der Waals surface area contributed by atoms with Crippen LogP contribution in [0.5, 0.6) is 0 Å². The lowest BCUT2D eigenvalue weighted by molar-refractivity contribution is -0.134. The number of rotatable bonds is 5. The molecule has 138 valence electrons. The molecule has 7 heteroatoms. The summed E-state index contributed by atoms with van der Waals surface area (Å²) >= 11 is 0. The minimum atomic E-state index is 0.0535. The Balaban J connectivity index is 1.58. The van der Waals surface area contributed by atoms with Crippen molar-refractivity contribution in [2.75, 3.05) is 18.8 Å². The minimum absolute atomic E-state index is 0.0535. The van der Waals surface area contributed by atoms with E-state index >= 15 is 0 Å². The van der Waals surface area contributed by atoms with E-state index in [2.05, 4.69) is 15.0 Å². The van der Waals surface area contributed by atoms with Crippen LogP contribution in [0.3, 0.4) is 0 Å². The Morgan fingerprint density at radius 2 is 2.12 bits per heavy atom. The van der Waals surface area contributed by atoms with Crippen LogP contribution in [0.15, 0.2) is 24.5 Å². The van der Waals surface area contributed by atoms with Gasteiger partial charge >= 0.3 is 0 Å². The largest absolute Gasteiger partial charge is 0.372 e. The Hall–Kier alpha value is -2.54. The molecule has 1 amide bonds. The molecule has 3 rings (SSSR count). The summed E-state index contributed by atoms with van der Waals surface area (Å²) in [4.78, 5) is 27.1. The lowest BCUT2D eigenvalue weighted by atomic mass is 10.0. The van der Waals surface area contributed by atoms with Gasteiger partial charge in [0, 0.05) is 42.4 Å². The maximum atomic E-state index is 12.8. The van der Waals surface area contributed by atoms with Gasteiger partial charge in [-0.1, -0.05) is 6.07 Å². The van der Waals surface area contributed by atoms with E-state index in [1.807, 2.05) is 30.9 Å². The number of carbonyl (C=O) groups excluding carboxylic acids is 1. The predicted octanol–water partition coefficient (Wildman–Crippen LogP) is 1.82. The van der Waals surface area contributed by atoms with Crippen LogP contribution in [0, 0.1) is 13.8 Å². The molecule has 0 unspecified atom stereocenters. The summed E-state index contributed by atoms with van der Waals surface area (Å²) in [6, 6.07) is 3.89. The minimum Gasteiger partial charge on any atom is -0.372 e. The maximum Gasteiger partial charge on any atom is 0.227 e. The standard InChI is InChI=1S/C19H25N5O2/c1-13-17(14(2)23-19(20)22-13)9-18(25)24-8-4-6-16(11-24)26-12-15-5-3-7-21-10-15/h3,5,7,10,16H,4,6,8-9,11-12H2,1-2H3,(H2,20,22,23)/t16-/m0/s1. The Labute approximate surface area is 153 Å². The third-order valence-corrected chi connectivity index (χ3v) is 4.71. The summed E-state index contributed by atoms with van der Waals surface area (Å²) in [6.45, 7) is 5.63. The Bertz CT molecular complexity index is 743. The van der Waals surface area contributed by atoms with Crippen molar-refractivity contribution in [2.24, 2.45) is 0 Å². The second-order valence-corrected chi connectivity index (χ2v) is 6.68. The fourth-order valence-electron chi connectivity index (χ4n) is 3.28. The lowest BCUT2D eigenvalue weighted by Crippen LogP contribution is -2.44. The van der Waals surface area contributed by atoms with Gasteiger partial charge in [-0.2, -0.15) is 0 Å². The van der Waals surface area contributed by atoms with Gasteiger partial charge in [0.1, 0.15) is 0 Å². The number of aromatic nitrogens is 3. The van der Waals surface area contributed by atoms with Crippen molar-refractivity contribution in [2.45, 2.75) is 45.8 Å². The number of piperidine rings is 1. The number of anilines is 1. The number of nitrogen functional groups attached to an aromatic ring is 1. The van der Waals surface area contributed by atoms with Crippen molar-refractivity contribution in [3.05, 3.63) is 47.0 Å². The smallest absolute Gasteiger partial charge is 0.227 e. The predicted molar refractivity (Wildman–Crippen MR) is 98.3 cm³/mol. The van der Waals surface area contributed by atoms with Crippen molar-refractivity contribution in [1.29, 1.82) is 0 Å². The SMILES string of the molecule is Cc1nc(N)nc(C)c1CC(=O)N1CCC[C@H](OCc2cccnc2)C1. The van der Waals surface area contributed by atoms with E-state index in [0.717, 1.165) is 41.9 Å². The summed E-state index contributed by atoms with van der Waals surface area (Å²) in [6.07, 6.45) is 5.81. The lowest BCUT2D eigenvalue weighted by Gasteiger charge is -2.33. The van der Waals surface area contributed by atoms with Gasteiger partial charge in [0.2, 0.25) is 11.9 Å². The van der Waals surface area contributed by atoms with Crippen LogP contribution in [-0.4, -0.2) is 45.0 Å². The zero-order valence-electron chi connectivity index (χ0n) is 15.3. The van der Waals surface area contributed by atoms with E-state index in [1.165, 1.54) is 0 Å². The van der Waals surface area contributed by atoms with Gasteiger partial charge in [0.25, 0.3) is 0 Å². The van der Waals surface area contributed by atoms with Crippen LogP contribution in [0.25, 0.3) is 0 Å². The number of nitrogens with two attached hydrogens (primary N) is 1. The highest BCUT2D eigenvalue weighted by Crippen LogP contribution is 2.18. The van der Waals surface area contributed by atoms with Crippen molar-refractivity contribution < 1.29 is 9.53 Å². The number of amides is 1. The molecule has 3 heterocycles. The van der Waals surface area contributed by atoms with E-state index in [4.69, 9.17) is 10.5 Å². The monoisotopic (exact) mass is 355 g/mol. The van der Waals surface area contributed by atoms with Crippen molar-refractivity contribution in [1.82, 2.24) is 19.9 Å². The molecule has 1 aliphatic rings. The first-order chi connectivity index (χ1) is 12.5. The average Bonchev–Trinajstić information content (AvgIpc) is 2.64. The molecular weight excluding hydrogens is 330 g/mol. The molecule has 7 nitrogen and oxygen atoms in total. The molecule has 1 fully saturated rings. The van der Waals surface area contributed by atoms with Crippen molar-refractivity contribution in [3.63, 3.8) is 0 Å². The summed E-state index contributed by atoms with van der Waals surface area (Å²) in [5.41, 5.74) is 9.11. The topological polar surface area (TPSA) is 94.2 Å². The van der Waals surface area contributed by atoms with Gasteiger partial charge in [0.05, 0.1) is 19.1 Å². The van der Waals surface area contributed by atoms with Gasteiger partial charge in [-0.15, -0.1) is 0 Å². The number of carbonyl (C=O) groups is 1. The number of aryl methyl sites for hydroxylation is 2. The molecule has 0 bridgehead atoms. The number of likely N-dealkylation sites (tertiary alicyclic amines) is 1. The van der Waals surface area contributed by atoms with E-state index in [-0.39, 0.29) is 18.0 Å². The second-order valence-electron chi connectivity index (χ2n) is 6.68. The van der Waals surface area contributed by atoms with Crippen molar-refractivity contribution >= 4 is 11.9 Å². The molecule has 1 saturated heterocycles. The molecule has 1 atom stereocenters. The summed E-state index contributed by atoms with van der Waals surface area (Å²) in [5, 5.41) is 0. The van der Waals surface area contributed by atoms with Crippen molar-refractivity contribution in [3.8, 4) is 0 Å². The fourth-order valence-corrected chi connectivity index (χ4v) is 3.28. The molecule has 2 aromatic rings. The van der Waals surface area contributed by atoms with E-state index in [9.17, 15) is 4.79 Å². The second kappa shape index (κ2) is 8.23. The first-order valence-electron chi connectivity index (χ1n) is 8.91. The van der Waals surface area contributed by atoms with E-state index < -0.39 is 0 Å². The maximum absolute atomic E-state index is 12.8. The summed E-state index contributed by atoms with van der Waals surface area (Å²) in [7, 11) is 0. The fraction of sp³-hybridized carbons (Fsp3) is 0.474. The Kier molecular flexibility index (Phi) is 5.78. The highest BCUT2D eigenvalue weighted by molar-refractivity contribution is 5.79. The third kappa shape index (κ3) is 4.54. The zero-order valence-corrected chi connectivity index (χ0v) is 15.3. The van der Waals surface area contributed by atoms with Gasteiger partial charge < -0.3 is 15.4 Å².